The molecule has 1 aliphatic rings. The summed E-state index contributed by atoms with van der Waals surface area (Å²) in [7, 11) is 0. The zero-order valence-corrected chi connectivity index (χ0v) is 21.6. The van der Waals surface area contributed by atoms with E-state index in [0.29, 0.717) is 23.9 Å². The third kappa shape index (κ3) is 29.1. The molecule has 0 aromatic carbocycles. The van der Waals surface area contributed by atoms with Crippen molar-refractivity contribution < 1.29 is 42.1 Å². The summed E-state index contributed by atoms with van der Waals surface area (Å²) >= 11 is 0. The Labute approximate surface area is 170 Å². The van der Waals surface area contributed by atoms with Gasteiger partial charge in [0.05, 0.1) is 0 Å². The average molecular weight is 650 g/mol. The molecule has 2 N–H and O–H groups in total. The van der Waals surface area contributed by atoms with E-state index in [1.807, 2.05) is 34.1 Å². The van der Waals surface area contributed by atoms with Gasteiger partial charge in [0.2, 0.25) is 0 Å². The van der Waals surface area contributed by atoms with Crippen molar-refractivity contribution >= 4 is 0 Å². The number of allylic oxidation sites excluding steroid dienone is 1. The smallest absolute Gasteiger partial charge is 0.00366 e. The maximum absolute atomic E-state index is 5.11. The van der Waals surface area contributed by atoms with Gasteiger partial charge in [-0.3, -0.25) is 6.58 Å². The molecule has 2 atom stereocenters. The quantitative estimate of drug-likeness (QED) is 0.432. The van der Waals surface area contributed by atoms with Crippen LogP contribution < -0.4 is 5.73 Å². The maximum Gasteiger partial charge on any atom is 0.00366 e. The van der Waals surface area contributed by atoms with E-state index < -0.39 is 0 Å². The van der Waals surface area contributed by atoms with E-state index in [4.69, 9.17) is 5.73 Å². The number of nitrogens with two attached hydrogens (primary N) is 1. The number of hydrogen-bond acceptors (Lipinski definition) is 2. The van der Waals surface area contributed by atoms with Gasteiger partial charge < -0.3 is 37.0 Å². The fourth-order valence-electron chi connectivity index (χ4n) is 1.40. The summed E-state index contributed by atoms with van der Waals surface area (Å²) in [5.41, 5.74) is 5.11. The van der Waals surface area contributed by atoms with Crippen LogP contribution in [0.5, 0.6) is 0 Å². The minimum Gasteiger partial charge on any atom is -0.507 e. The van der Waals surface area contributed by atoms with Crippen LogP contribution in [0.25, 0.3) is 0 Å². The van der Waals surface area contributed by atoms with Crippen LogP contribution in [0, 0.1) is 38.2 Å². The summed E-state index contributed by atoms with van der Waals surface area (Å²) in [6.07, 6.45) is 4.50. The molecular weight excluding hydrogens is 612 g/mol. The van der Waals surface area contributed by atoms with Crippen molar-refractivity contribution in [1.82, 2.24) is 4.90 Å². The van der Waals surface area contributed by atoms with Crippen molar-refractivity contribution in [2.45, 2.75) is 60.5 Å². The second-order valence-corrected chi connectivity index (χ2v) is 5.74. The first-order valence-electron chi connectivity index (χ1n) is 7.51. The van der Waals surface area contributed by atoms with Crippen LogP contribution in [0.3, 0.4) is 0 Å². The molecule has 1 rings (SSSR count). The molecule has 0 aromatic rings. The van der Waals surface area contributed by atoms with Crippen molar-refractivity contribution in [3.8, 4) is 0 Å². The molecule has 0 aromatic heterocycles. The first-order chi connectivity index (χ1) is 9.17. The monoisotopic (exact) mass is 650 g/mol. The molecule has 0 aliphatic carbocycles. The Balaban J connectivity index is -0.0000000686. The number of nitrogens with zero attached hydrogens (tertiary/aromatic N) is 1. The second kappa shape index (κ2) is 24.3. The predicted molar refractivity (Wildman–Crippen MR) is 93.9 cm³/mol. The largest absolute Gasteiger partial charge is 0.507 e. The molecule has 1 saturated heterocycles. The van der Waals surface area contributed by atoms with E-state index >= 15 is 0 Å². The van der Waals surface area contributed by atoms with Crippen LogP contribution in [0.2, 0.25) is 0 Å². The minimum atomic E-state index is 0. The third-order valence-electron chi connectivity index (χ3n) is 2.33. The molecule has 0 radical (unpaired) electrons. The molecule has 1 aliphatic heterocycles. The molecule has 2 unspecified atom stereocenters. The summed E-state index contributed by atoms with van der Waals surface area (Å²) in [4.78, 5) is 2.44. The Hall–Kier alpha value is 1.04. The van der Waals surface area contributed by atoms with Gasteiger partial charge in [-0.1, -0.05) is 13.8 Å². The number of hydrogen-bond donors (Lipinski definition) is 1. The molecule has 2 nitrogen and oxygen atoms in total. The van der Waals surface area contributed by atoms with Crippen molar-refractivity contribution in [3.05, 3.63) is 32.9 Å². The van der Waals surface area contributed by atoms with E-state index in [1.165, 1.54) is 0 Å². The number of rotatable bonds is 1. The standard InChI is InChI=1S/C9H17N.C3H9N.C3H7.C3H5.2W/c1-7(2)10-5-8(3)9(4)6-10;1-3(2)4;2*1-3-2;;/h7-9H,3-6H2,1-2H3;3H,4H2,1-2H3;3H,1-2H3;1H2,2H3;;/q-2;;2*-1;;. The van der Waals surface area contributed by atoms with Gasteiger partial charge in [0.25, 0.3) is 0 Å². The molecule has 0 saturated carbocycles. The van der Waals surface area contributed by atoms with Crippen molar-refractivity contribution in [1.29, 1.82) is 0 Å². The summed E-state index contributed by atoms with van der Waals surface area (Å²) in [5.74, 6) is 1.09. The molecule has 0 amide bonds. The molecule has 22 heavy (non-hydrogen) atoms. The van der Waals surface area contributed by atoms with Gasteiger partial charge in [-0.15, -0.1) is 0 Å². The second-order valence-electron chi connectivity index (χ2n) is 5.74. The molecule has 4 heteroatoms. The normalized spacial score (nSPS) is 19.3. The molecule has 0 bridgehead atoms. The topological polar surface area (TPSA) is 29.3 Å². The van der Waals surface area contributed by atoms with Crippen LogP contribution in [0.4, 0.5) is 0 Å². The molecule has 1 heterocycles. The summed E-state index contributed by atoms with van der Waals surface area (Å²) in [6.45, 7) is 27.7. The Bertz CT molecular complexity index is 185. The average Bonchev–Trinajstić information content (AvgIpc) is 2.61. The zero-order valence-electron chi connectivity index (χ0n) is 15.8. The fraction of sp³-hybridized carbons (Fsp3) is 0.722. The Kier molecular flexibility index (Phi) is 38.0. The van der Waals surface area contributed by atoms with E-state index in [1.54, 1.807) is 6.92 Å². The fourth-order valence-corrected chi connectivity index (χ4v) is 1.40. The molecule has 136 valence electrons. The van der Waals surface area contributed by atoms with Gasteiger partial charge in [0.15, 0.2) is 0 Å². The van der Waals surface area contributed by atoms with Crippen LogP contribution in [-0.2, 0) is 42.1 Å². The Morgan fingerprint density at radius 2 is 1.27 bits per heavy atom. The van der Waals surface area contributed by atoms with Gasteiger partial charge in [0, 0.05) is 48.2 Å². The molecular formula is C18H38N2W2-4. The maximum atomic E-state index is 5.11. The molecule has 1 fully saturated rings. The van der Waals surface area contributed by atoms with Crippen LogP contribution in [-0.4, -0.2) is 30.1 Å². The van der Waals surface area contributed by atoms with Gasteiger partial charge in [-0.25, -0.2) is 0 Å². The van der Waals surface area contributed by atoms with Crippen molar-refractivity contribution in [3.63, 3.8) is 0 Å². The molecule has 0 spiro atoms. The van der Waals surface area contributed by atoms with E-state index in [2.05, 4.69) is 45.2 Å². The van der Waals surface area contributed by atoms with E-state index in [9.17, 15) is 0 Å². The first-order valence-corrected chi connectivity index (χ1v) is 7.51. The zero-order chi connectivity index (χ0) is 16.7. The minimum absolute atomic E-state index is 0. The van der Waals surface area contributed by atoms with Crippen molar-refractivity contribution in [2.24, 2.45) is 17.6 Å². The van der Waals surface area contributed by atoms with E-state index in [-0.39, 0.29) is 42.1 Å². The van der Waals surface area contributed by atoms with Gasteiger partial charge in [-0.2, -0.15) is 32.6 Å². The first kappa shape index (κ1) is 34.4. The third-order valence-corrected chi connectivity index (χ3v) is 2.33. The summed E-state index contributed by atoms with van der Waals surface area (Å²) in [5, 5.41) is 0. The van der Waals surface area contributed by atoms with Crippen molar-refractivity contribution in [2.75, 3.05) is 13.1 Å². The number of likely N-dealkylation sites (tertiary alicyclic amines) is 1. The van der Waals surface area contributed by atoms with Gasteiger partial charge in [-0.05, 0) is 33.0 Å². The van der Waals surface area contributed by atoms with Crippen LogP contribution in [0.15, 0.2) is 6.58 Å². The van der Waals surface area contributed by atoms with E-state index in [0.717, 1.165) is 13.1 Å². The van der Waals surface area contributed by atoms with Crippen LogP contribution >= 0.6 is 0 Å². The SMILES string of the molecule is C=[C-]C.CC(C)N.C[CH-]C.[CH2-]C1CN(C(C)C)CC1[CH2-].[W].[W]. The predicted octanol–water partition coefficient (Wildman–Crippen LogP) is 4.19. The van der Waals surface area contributed by atoms with Crippen LogP contribution in [0.1, 0.15) is 48.5 Å². The summed E-state index contributed by atoms with van der Waals surface area (Å²) < 4.78 is 0. The Morgan fingerprint density at radius 3 is 1.36 bits per heavy atom. The Morgan fingerprint density at radius 1 is 1.09 bits per heavy atom. The van der Waals surface area contributed by atoms with Gasteiger partial charge >= 0.3 is 0 Å². The summed E-state index contributed by atoms with van der Waals surface area (Å²) in [6, 6.07) is 0.996. The van der Waals surface area contributed by atoms with Gasteiger partial charge in [0.1, 0.15) is 0 Å².